The molecule has 0 heterocycles. The maximum Gasteiger partial charge on any atom is 0.430 e. The molecule has 0 spiro atoms. The Balaban J connectivity index is 1.84. The van der Waals surface area contributed by atoms with E-state index in [4.69, 9.17) is 9.47 Å². The lowest BCUT2D eigenvalue weighted by Gasteiger charge is -2.32. The molecule has 0 aliphatic rings. The van der Waals surface area contributed by atoms with E-state index in [1.165, 1.54) is 24.3 Å². The third-order valence-electron chi connectivity index (χ3n) is 5.20. The molecule has 3 aromatic rings. The maximum atomic E-state index is 13.2. The smallest absolute Gasteiger partial charge is 0.430 e. The molecule has 1 unspecified atom stereocenters. The van der Waals surface area contributed by atoms with Crippen LogP contribution >= 0.6 is 0 Å². The van der Waals surface area contributed by atoms with E-state index in [9.17, 15) is 41.4 Å². The van der Waals surface area contributed by atoms with Crippen LogP contribution in [0.1, 0.15) is 22.8 Å². The summed E-state index contributed by atoms with van der Waals surface area (Å²) in [7, 11) is 0. The first-order chi connectivity index (χ1) is 16.8. The fourth-order valence-corrected chi connectivity index (χ4v) is 3.35. The van der Waals surface area contributed by atoms with Crippen molar-refractivity contribution in [2.45, 2.75) is 30.5 Å². The number of rotatable bonds is 9. The van der Waals surface area contributed by atoms with E-state index in [1.54, 1.807) is 30.3 Å². The van der Waals surface area contributed by atoms with Crippen molar-refractivity contribution in [2.75, 3.05) is 6.61 Å². The predicted molar refractivity (Wildman–Crippen MR) is 113 cm³/mol. The molecular formula is C25H19F6O5-. The minimum Gasteiger partial charge on any atom is -0.550 e. The van der Waals surface area contributed by atoms with E-state index in [2.05, 4.69) is 0 Å². The first-order valence-electron chi connectivity index (χ1n) is 10.4. The Labute approximate surface area is 201 Å². The number of carbonyl (C=O) groups excluding carboxylic acids is 1. The average molecular weight is 513 g/mol. The molecule has 0 amide bonds. The predicted octanol–water partition coefficient (Wildman–Crippen LogP) is 4.49. The Morgan fingerprint density at radius 2 is 1.44 bits per heavy atom. The van der Waals surface area contributed by atoms with Crippen molar-refractivity contribution in [1.82, 2.24) is 0 Å². The summed E-state index contributed by atoms with van der Waals surface area (Å²) >= 11 is 0. The van der Waals surface area contributed by atoms with E-state index < -0.39 is 35.6 Å². The minimum absolute atomic E-state index is 0.302. The average Bonchev–Trinajstić information content (AvgIpc) is 2.81. The molecule has 0 aliphatic carbocycles. The van der Waals surface area contributed by atoms with Crippen LogP contribution in [0.2, 0.25) is 0 Å². The zero-order valence-corrected chi connectivity index (χ0v) is 18.3. The number of hydrogen-bond acceptors (Lipinski definition) is 5. The van der Waals surface area contributed by atoms with Crippen LogP contribution in [0.4, 0.5) is 26.3 Å². The summed E-state index contributed by atoms with van der Waals surface area (Å²) in [5.74, 6) is -1.30. The zero-order chi connectivity index (χ0) is 26.6. The number of hydrogen-bond donors (Lipinski definition) is 1. The molecule has 192 valence electrons. The van der Waals surface area contributed by atoms with Crippen LogP contribution in [0.25, 0.3) is 0 Å². The summed E-state index contributed by atoms with van der Waals surface area (Å²) in [4.78, 5) is 10.7. The number of carbonyl (C=O) groups is 1. The summed E-state index contributed by atoms with van der Waals surface area (Å²) in [5, 5.41) is 20.4. The van der Waals surface area contributed by atoms with Crippen LogP contribution in [0.5, 0.6) is 11.5 Å². The van der Waals surface area contributed by atoms with Gasteiger partial charge in [-0.2, -0.15) is 26.3 Å². The van der Waals surface area contributed by atoms with E-state index in [-0.39, 0.29) is 18.8 Å². The van der Waals surface area contributed by atoms with Crippen LogP contribution in [0, 0.1) is 0 Å². The van der Waals surface area contributed by atoms with E-state index >= 15 is 0 Å². The number of benzene rings is 3. The van der Waals surface area contributed by atoms with Gasteiger partial charge in [-0.15, -0.1) is 0 Å². The van der Waals surface area contributed by atoms with Crippen molar-refractivity contribution in [1.29, 1.82) is 0 Å². The Bertz CT molecular complexity index is 1150. The van der Waals surface area contributed by atoms with E-state index in [1.807, 2.05) is 0 Å². The number of ether oxygens (including phenoxy) is 2. The molecule has 1 N–H and O–H groups in total. The molecular weight excluding hydrogens is 494 g/mol. The molecule has 36 heavy (non-hydrogen) atoms. The van der Waals surface area contributed by atoms with Gasteiger partial charge in [0.25, 0.3) is 5.60 Å². The summed E-state index contributed by atoms with van der Waals surface area (Å²) in [6.07, 6.45) is -13.2. The fourth-order valence-electron chi connectivity index (χ4n) is 3.35. The molecule has 11 heteroatoms. The summed E-state index contributed by atoms with van der Waals surface area (Å²) in [6.45, 7) is -0.315. The molecule has 0 radical (unpaired) electrons. The van der Waals surface area contributed by atoms with Gasteiger partial charge in [-0.25, -0.2) is 0 Å². The number of alkyl halides is 6. The number of aliphatic hydroxyl groups is 1. The van der Waals surface area contributed by atoms with Gasteiger partial charge in [0.2, 0.25) is 0 Å². The molecule has 3 aromatic carbocycles. The van der Waals surface area contributed by atoms with Gasteiger partial charge in [0, 0.05) is 18.0 Å². The Morgan fingerprint density at radius 1 is 0.833 bits per heavy atom. The molecule has 0 saturated heterocycles. The van der Waals surface area contributed by atoms with Gasteiger partial charge in [-0.3, -0.25) is 0 Å². The van der Waals surface area contributed by atoms with Crippen LogP contribution in [-0.4, -0.2) is 30.0 Å². The topological polar surface area (TPSA) is 78.8 Å². The third-order valence-corrected chi connectivity index (χ3v) is 5.20. The van der Waals surface area contributed by atoms with Crippen LogP contribution < -0.4 is 14.6 Å². The molecule has 1 atom stereocenters. The van der Waals surface area contributed by atoms with Crippen molar-refractivity contribution in [2.24, 2.45) is 0 Å². The third kappa shape index (κ3) is 6.09. The van der Waals surface area contributed by atoms with Crippen LogP contribution in [-0.2, 0) is 16.8 Å². The largest absolute Gasteiger partial charge is 0.550 e. The van der Waals surface area contributed by atoms with Gasteiger partial charge < -0.3 is 24.5 Å². The minimum atomic E-state index is -6.03. The number of halogens is 6. The zero-order valence-electron chi connectivity index (χ0n) is 18.3. The second-order valence-corrected chi connectivity index (χ2v) is 7.75. The van der Waals surface area contributed by atoms with Gasteiger partial charge in [0.15, 0.2) is 6.10 Å². The van der Waals surface area contributed by atoms with Crippen molar-refractivity contribution in [3.63, 3.8) is 0 Å². The van der Waals surface area contributed by atoms with Gasteiger partial charge in [0.1, 0.15) is 18.1 Å². The summed E-state index contributed by atoms with van der Waals surface area (Å²) < 4.78 is 90.7. The second kappa shape index (κ2) is 10.5. The van der Waals surface area contributed by atoms with Crippen LogP contribution in [0.3, 0.4) is 0 Å². The molecule has 3 rings (SSSR count). The lowest BCUT2D eigenvalue weighted by Crippen LogP contribution is -2.53. The van der Waals surface area contributed by atoms with Crippen molar-refractivity contribution in [3.8, 4) is 11.5 Å². The van der Waals surface area contributed by atoms with E-state index in [0.29, 0.717) is 29.0 Å². The lowest BCUT2D eigenvalue weighted by molar-refractivity contribution is -0.376. The van der Waals surface area contributed by atoms with Crippen molar-refractivity contribution in [3.05, 3.63) is 95.6 Å². The molecule has 0 fully saturated rings. The summed E-state index contributed by atoms with van der Waals surface area (Å²) in [6, 6.07) is 17.5. The quantitative estimate of drug-likeness (QED) is 0.427. The maximum absolute atomic E-state index is 13.2. The monoisotopic (exact) mass is 513 g/mol. The highest BCUT2D eigenvalue weighted by Gasteiger charge is 2.71. The SMILES string of the molecule is O=C([O-])Cc1ccc(OC(COc2cccc(C(O)(C(F)(F)F)C(F)(F)F)c2)c2ccccc2)cc1. The van der Waals surface area contributed by atoms with Crippen LogP contribution in [0.15, 0.2) is 78.9 Å². The first kappa shape index (κ1) is 26.9. The molecule has 0 aromatic heterocycles. The van der Waals surface area contributed by atoms with Gasteiger partial charge in [0.05, 0.1) is 0 Å². The normalized spacial score (nSPS) is 13.2. The molecule has 0 aliphatic heterocycles. The van der Waals surface area contributed by atoms with Gasteiger partial charge in [-0.1, -0.05) is 54.6 Å². The Morgan fingerprint density at radius 3 is 2.00 bits per heavy atom. The second-order valence-electron chi connectivity index (χ2n) is 7.75. The highest BCUT2D eigenvalue weighted by atomic mass is 19.4. The fraction of sp³-hybridized carbons (Fsp3) is 0.240. The first-order valence-corrected chi connectivity index (χ1v) is 10.4. The molecule has 0 saturated carbocycles. The summed E-state index contributed by atoms with van der Waals surface area (Å²) in [5.41, 5.74) is -5.47. The number of carboxylic acids is 1. The molecule has 5 nitrogen and oxygen atoms in total. The van der Waals surface area contributed by atoms with Crippen molar-refractivity contribution >= 4 is 5.97 Å². The molecule has 0 bridgehead atoms. The highest BCUT2D eigenvalue weighted by Crippen LogP contribution is 2.50. The Kier molecular flexibility index (Phi) is 7.83. The van der Waals surface area contributed by atoms with Crippen molar-refractivity contribution < 1.29 is 50.8 Å². The Hall–Kier alpha value is -3.73. The van der Waals surface area contributed by atoms with E-state index in [0.717, 1.165) is 12.1 Å². The highest BCUT2D eigenvalue weighted by molar-refractivity contribution is 5.67. The number of carboxylic acid groups (broad SMARTS) is 1. The lowest BCUT2D eigenvalue weighted by atomic mass is 9.92. The van der Waals surface area contributed by atoms with Gasteiger partial charge in [-0.05, 0) is 35.4 Å². The number of aliphatic carboxylic acids is 1. The standard InChI is InChI=1S/C25H20F6O5/c26-24(27,28)23(34,25(29,30)31)18-7-4-8-20(14-18)35-15-21(17-5-2-1-3-6-17)36-19-11-9-16(10-12-19)13-22(32)33/h1-12,14,21,34H,13,15H2,(H,32,33)/p-1. The van der Waals surface area contributed by atoms with Gasteiger partial charge >= 0.3 is 12.4 Å².